The van der Waals surface area contributed by atoms with Gasteiger partial charge in [0.1, 0.15) is 11.5 Å². The Balaban J connectivity index is 2.17. The quantitative estimate of drug-likeness (QED) is 0.582. The van der Waals surface area contributed by atoms with Crippen LogP contribution in [-0.2, 0) is 10.0 Å². The third-order valence-electron chi connectivity index (χ3n) is 4.54. The van der Waals surface area contributed by atoms with Crippen molar-refractivity contribution in [3.8, 4) is 11.5 Å². The number of sulfonamides is 1. The lowest BCUT2D eigenvalue weighted by Gasteiger charge is -2.31. The van der Waals surface area contributed by atoms with Gasteiger partial charge in [-0.15, -0.1) is 0 Å². The van der Waals surface area contributed by atoms with Crippen LogP contribution in [0.3, 0.4) is 0 Å². The Morgan fingerprint density at radius 2 is 1.39 bits per heavy atom. The zero-order chi connectivity index (χ0) is 20.1. The molecule has 0 aliphatic heterocycles. The van der Waals surface area contributed by atoms with Gasteiger partial charge in [-0.2, -0.15) is 0 Å². The molecule has 0 amide bonds. The predicted molar refractivity (Wildman–Crippen MR) is 111 cm³/mol. The highest BCUT2D eigenvalue weighted by molar-refractivity contribution is 7.92. The van der Waals surface area contributed by atoms with Crippen molar-refractivity contribution in [1.82, 2.24) is 0 Å². The molecule has 0 aromatic heterocycles. The first-order valence-electron chi connectivity index (χ1n) is 8.85. The molecule has 3 aromatic rings. The number of anilines is 1. The first-order chi connectivity index (χ1) is 13.5. The summed E-state index contributed by atoms with van der Waals surface area (Å²) >= 11 is 0. The van der Waals surface area contributed by atoms with E-state index in [1.165, 1.54) is 17.5 Å². The van der Waals surface area contributed by atoms with E-state index in [0.717, 1.165) is 5.56 Å². The Morgan fingerprint density at radius 3 is 2.04 bits per heavy atom. The third kappa shape index (κ3) is 3.97. The molecular weight excluding hydrogens is 374 g/mol. The molecule has 0 saturated carbocycles. The zero-order valence-corrected chi connectivity index (χ0v) is 16.9. The van der Waals surface area contributed by atoms with E-state index >= 15 is 0 Å². The van der Waals surface area contributed by atoms with Crippen molar-refractivity contribution in [2.45, 2.75) is 17.9 Å². The fourth-order valence-corrected chi connectivity index (χ4v) is 4.73. The second-order valence-electron chi connectivity index (χ2n) is 6.27. The second-order valence-corrected chi connectivity index (χ2v) is 8.08. The summed E-state index contributed by atoms with van der Waals surface area (Å²) in [7, 11) is -0.793. The number of rotatable bonds is 7. The molecule has 0 N–H and O–H groups in total. The van der Waals surface area contributed by atoms with Gasteiger partial charge in [-0.25, -0.2) is 8.42 Å². The van der Waals surface area contributed by atoms with Crippen molar-refractivity contribution in [2.75, 3.05) is 18.5 Å². The molecule has 0 bridgehead atoms. The van der Waals surface area contributed by atoms with Crippen molar-refractivity contribution in [2.24, 2.45) is 0 Å². The van der Waals surface area contributed by atoms with Crippen LogP contribution in [0, 0.1) is 0 Å². The SMILES string of the molecule is COc1cccc(N(C(C)c2ccccc2)S(=O)(=O)c2cccc(OC)c2)c1. The molecule has 3 rings (SSSR count). The van der Waals surface area contributed by atoms with Crippen LogP contribution < -0.4 is 13.8 Å². The van der Waals surface area contributed by atoms with Gasteiger partial charge in [-0.3, -0.25) is 4.31 Å². The highest BCUT2D eigenvalue weighted by Crippen LogP contribution is 2.35. The van der Waals surface area contributed by atoms with Crippen molar-refractivity contribution < 1.29 is 17.9 Å². The molecule has 6 heteroatoms. The van der Waals surface area contributed by atoms with E-state index in [0.29, 0.717) is 17.2 Å². The lowest BCUT2D eigenvalue weighted by atomic mass is 10.1. The molecule has 0 fully saturated rings. The third-order valence-corrected chi connectivity index (χ3v) is 6.43. The normalized spacial score (nSPS) is 12.2. The average Bonchev–Trinajstić information content (AvgIpc) is 2.74. The van der Waals surface area contributed by atoms with Crippen LogP contribution in [-0.4, -0.2) is 22.6 Å². The molecule has 1 atom stereocenters. The van der Waals surface area contributed by atoms with E-state index in [4.69, 9.17) is 9.47 Å². The van der Waals surface area contributed by atoms with Crippen molar-refractivity contribution >= 4 is 15.7 Å². The maximum absolute atomic E-state index is 13.6. The number of benzene rings is 3. The standard InChI is InChI=1S/C22H23NO4S/c1-17(18-9-5-4-6-10-18)23(19-11-7-12-20(15-19)26-2)28(24,25)22-14-8-13-21(16-22)27-3/h4-17H,1-3H3. The minimum Gasteiger partial charge on any atom is -0.497 e. The molecule has 3 aromatic carbocycles. The van der Waals surface area contributed by atoms with Gasteiger partial charge in [0.15, 0.2) is 0 Å². The van der Waals surface area contributed by atoms with Crippen LogP contribution in [0.15, 0.2) is 83.8 Å². The predicted octanol–water partition coefficient (Wildman–Crippen LogP) is 4.66. The van der Waals surface area contributed by atoms with Crippen LogP contribution in [0.2, 0.25) is 0 Å². The summed E-state index contributed by atoms with van der Waals surface area (Å²) in [5.74, 6) is 1.07. The Labute approximate surface area is 166 Å². The molecule has 146 valence electrons. The number of nitrogens with zero attached hydrogens (tertiary/aromatic N) is 1. The minimum atomic E-state index is -3.86. The Morgan fingerprint density at radius 1 is 0.786 bits per heavy atom. The monoisotopic (exact) mass is 397 g/mol. The number of hydrogen-bond acceptors (Lipinski definition) is 4. The Hall–Kier alpha value is -2.99. The molecule has 0 heterocycles. The molecule has 0 radical (unpaired) electrons. The Kier molecular flexibility index (Phi) is 5.90. The first kappa shape index (κ1) is 19.8. The highest BCUT2D eigenvalue weighted by Gasteiger charge is 2.31. The van der Waals surface area contributed by atoms with E-state index < -0.39 is 16.1 Å². The lowest BCUT2D eigenvalue weighted by molar-refractivity contribution is 0.413. The molecule has 0 aliphatic carbocycles. The van der Waals surface area contributed by atoms with Crippen molar-refractivity contribution in [1.29, 1.82) is 0 Å². The van der Waals surface area contributed by atoms with Crippen LogP contribution in [0.1, 0.15) is 18.5 Å². The average molecular weight is 397 g/mol. The van der Waals surface area contributed by atoms with Gasteiger partial charge in [-0.1, -0.05) is 42.5 Å². The molecule has 0 aliphatic rings. The summed E-state index contributed by atoms with van der Waals surface area (Å²) in [4.78, 5) is 0.164. The van der Waals surface area contributed by atoms with Gasteiger partial charge in [0.25, 0.3) is 10.0 Å². The van der Waals surface area contributed by atoms with Crippen LogP contribution in [0.4, 0.5) is 5.69 Å². The van der Waals surface area contributed by atoms with Crippen LogP contribution >= 0.6 is 0 Å². The summed E-state index contributed by atoms with van der Waals surface area (Å²) in [5, 5.41) is 0. The zero-order valence-electron chi connectivity index (χ0n) is 16.1. The minimum absolute atomic E-state index is 0.164. The summed E-state index contributed by atoms with van der Waals surface area (Å²) in [6, 6.07) is 22.6. The largest absolute Gasteiger partial charge is 0.497 e. The van der Waals surface area contributed by atoms with E-state index in [9.17, 15) is 8.42 Å². The van der Waals surface area contributed by atoms with E-state index in [-0.39, 0.29) is 4.90 Å². The van der Waals surface area contributed by atoms with Crippen LogP contribution in [0.25, 0.3) is 0 Å². The van der Waals surface area contributed by atoms with E-state index in [1.807, 2.05) is 37.3 Å². The number of ether oxygens (including phenoxy) is 2. The molecule has 5 nitrogen and oxygen atoms in total. The maximum atomic E-state index is 13.6. The van der Waals surface area contributed by atoms with Crippen molar-refractivity contribution in [3.05, 3.63) is 84.4 Å². The summed E-state index contributed by atoms with van der Waals surface area (Å²) in [6.45, 7) is 1.87. The summed E-state index contributed by atoms with van der Waals surface area (Å²) in [6.07, 6.45) is 0. The fraction of sp³-hybridized carbons (Fsp3) is 0.182. The van der Waals surface area contributed by atoms with Gasteiger partial charge < -0.3 is 9.47 Å². The summed E-state index contributed by atoms with van der Waals surface area (Å²) < 4.78 is 39.2. The summed E-state index contributed by atoms with van der Waals surface area (Å²) in [5.41, 5.74) is 1.41. The second kappa shape index (κ2) is 8.35. The molecule has 0 saturated heterocycles. The van der Waals surface area contributed by atoms with Gasteiger partial charge in [0, 0.05) is 12.1 Å². The van der Waals surface area contributed by atoms with Gasteiger partial charge in [-0.05, 0) is 36.8 Å². The van der Waals surface area contributed by atoms with E-state index in [2.05, 4.69) is 0 Å². The van der Waals surface area contributed by atoms with Crippen molar-refractivity contribution in [3.63, 3.8) is 0 Å². The van der Waals surface area contributed by atoms with Gasteiger partial charge >= 0.3 is 0 Å². The topological polar surface area (TPSA) is 55.8 Å². The van der Waals surface area contributed by atoms with Gasteiger partial charge in [0.2, 0.25) is 0 Å². The molecular formula is C22H23NO4S. The van der Waals surface area contributed by atoms with Crippen LogP contribution in [0.5, 0.6) is 11.5 Å². The number of methoxy groups -OCH3 is 2. The smallest absolute Gasteiger partial charge is 0.265 e. The fourth-order valence-electron chi connectivity index (χ4n) is 3.06. The highest BCUT2D eigenvalue weighted by atomic mass is 32.2. The first-order valence-corrected chi connectivity index (χ1v) is 10.3. The maximum Gasteiger partial charge on any atom is 0.265 e. The Bertz CT molecular complexity index is 1040. The molecule has 1 unspecified atom stereocenters. The number of hydrogen-bond donors (Lipinski definition) is 0. The molecule has 0 spiro atoms. The lowest BCUT2D eigenvalue weighted by Crippen LogP contribution is -2.33. The van der Waals surface area contributed by atoms with Gasteiger partial charge in [0.05, 0.1) is 30.8 Å². The van der Waals surface area contributed by atoms with E-state index in [1.54, 1.807) is 49.6 Å². The molecule has 28 heavy (non-hydrogen) atoms.